The van der Waals surface area contributed by atoms with E-state index in [4.69, 9.17) is 6.42 Å². The first-order valence-corrected chi connectivity index (χ1v) is 6.09. The van der Waals surface area contributed by atoms with Crippen LogP contribution in [-0.4, -0.2) is 19.0 Å². The molecule has 0 heterocycles. The fourth-order valence-corrected chi connectivity index (χ4v) is 1.49. The van der Waals surface area contributed by atoms with E-state index in [1.54, 1.807) is 6.07 Å². The Morgan fingerprint density at radius 2 is 2.05 bits per heavy atom. The minimum Gasteiger partial charge on any atom is -0.357 e. The number of aliphatic imine (C=N–C) groups is 1. The molecule has 0 atom stereocenters. The van der Waals surface area contributed by atoms with Gasteiger partial charge in [0.2, 0.25) is 0 Å². The van der Waals surface area contributed by atoms with Crippen LogP contribution < -0.4 is 10.6 Å². The number of nitrogens with one attached hydrogen (secondary N) is 2. The second-order valence-electron chi connectivity index (χ2n) is 3.95. The monoisotopic (exact) mass is 411 g/mol. The van der Waals surface area contributed by atoms with E-state index in [-0.39, 0.29) is 30.5 Å². The van der Waals surface area contributed by atoms with Crippen LogP contribution in [0.15, 0.2) is 29.3 Å². The van der Waals surface area contributed by atoms with Crippen molar-refractivity contribution in [3.63, 3.8) is 0 Å². The fraction of sp³-hybridized carbons (Fsp3) is 0.357. The molecular formula is C14H17F3IN3. The third-order valence-corrected chi connectivity index (χ3v) is 2.38. The van der Waals surface area contributed by atoms with Crippen molar-refractivity contribution < 1.29 is 13.2 Å². The van der Waals surface area contributed by atoms with Gasteiger partial charge < -0.3 is 10.6 Å². The number of nitrogens with zero attached hydrogens (tertiary/aromatic N) is 1. The molecule has 0 aliphatic rings. The molecule has 0 aromatic heterocycles. The fourth-order valence-electron chi connectivity index (χ4n) is 1.49. The Bertz CT molecular complexity index is 507. The topological polar surface area (TPSA) is 36.4 Å². The van der Waals surface area contributed by atoms with Gasteiger partial charge in [-0.3, -0.25) is 0 Å². The molecule has 1 aromatic rings. The smallest absolute Gasteiger partial charge is 0.357 e. The lowest BCUT2D eigenvalue weighted by Gasteiger charge is -2.10. The van der Waals surface area contributed by atoms with Gasteiger partial charge in [-0.15, -0.1) is 30.4 Å². The predicted octanol–water partition coefficient (Wildman–Crippen LogP) is 3.01. The number of terminal acetylenes is 1. The molecule has 0 amide bonds. The van der Waals surface area contributed by atoms with Gasteiger partial charge in [0.05, 0.1) is 18.7 Å². The second kappa shape index (κ2) is 9.50. The molecule has 0 fully saturated rings. The maximum absolute atomic E-state index is 12.6. The normalized spacial score (nSPS) is 11.3. The Balaban J connectivity index is 0.00000400. The Labute approximate surface area is 139 Å². The summed E-state index contributed by atoms with van der Waals surface area (Å²) in [4.78, 5) is 4.18. The zero-order valence-corrected chi connectivity index (χ0v) is 13.8. The first kappa shape index (κ1) is 19.6. The van der Waals surface area contributed by atoms with Crippen LogP contribution in [0.3, 0.4) is 0 Å². The quantitative estimate of drug-likeness (QED) is 0.346. The Kier molecular flexibility index (Phi) is 8.85. The van der Waals surface area contributed by atoms with E-state index in [0.29, 0.717) is 24.6 Å². The molecule has 1 rings (SSSR count). The summed E-state index contributed by atoms with van der Waals surface area (Å²) in [5.74, 6) is 2.88. The summed E-state index contributed by atoms with van der Waals surface area (Å²) in [5.41, 5.74) is -0.190. The highest BCUT2D eigenvalue weighted by atomic mass is 127. The van der Waals surface area contributed by atoms with Crippen molar-refractivity contribution in [3.8, 4) is 12.3 Å². The van der Waals surface area contributed by atoms with Crippen LogP contribution in [0, 0.1) is 12.3 Å². The summed E-state index contributed by atoms with van der Waals surface area (Å²) in [6.45, 7) is 2.97. The molecular weight excluding hydrogens is 394 g/mol. The molecule has 116 valence electrons. The van der Waals surface area contributed by atoms with Gasteiger partial charge in [-0.25, -0.2) is 4.99 Å². The van der Waals surface area contributed by atoms with E-state index in [9.17, 15) is 13.2 Å². The van der Waals surface area contributed by atoms with Crippen LogP contribution >= 0.6 is 24.0 Å². The number of hydrogen-bond acceptors (Lipinski definition) is 1. The minimum absolute atomic E-state index is 0. The molecule has 2 N–H and O–H groups in total. The molecule has 0 radical (unpaired) electrons. The Morgan fingerprint density at radius 1 is 1.33 bits per heavy atom. The van der Waals surface area contributed by atoms with Crippen molar-refractivity contribution in [2.75, 3.05) is 13.1 Å². The first-order valence-electron chi connectivity index (χ1n) is 6.09. The first-order chi connectivity index (χ1) is 9.47. The maximum Gasteiger partial charge on any atom is 0.416 e. The molecule has 3 nitrogen and oxygen atoms in total. The lowest BCUT2D eigenvalue weighted by atomic mass is 10.1. The van der Waals surface area contributed by atoms with Crippen LogP contribution in [0.25, 0.3) is 0 Å². The van der Waals surface area contributed by atoms with Crippen molar-refractivity contribution >= 4 is 29.9 Å². The third-order valence-electron chi connectivity index (χ3n) is 2.38. The summed E-state index contributed by atoms with van der Waals surface area (Å²) >= 11 is 0. The van der Waals surface area contributed by atoms with Crippen LogP contribution in [0.5, 0.6) is 0 Å². The Hall–Kier alpha value is -1.43. The number of benzene rings is 1. The number of rotatable bonds is 4. The van der Waals surface area contributed by atoms with Crippen molar-refractivity contribution in [1.82, 2.24) is 10.6 Å². The van der Waals surface area contributed by atoms with E-state index in [1.165, 1.54) is 6.07 Å². The zero-order valence-electron chi connectivity index (χ0n) is 11.5. The van der Waals surface area contributed by atoms with Gasteiger partial charge in [0.25, 0.3) is 0 Å². The van der Waals surface area contributed by atoms with Crippen molar-refractivity contribution in [2.45, 2.75) is 19.6 Å². The predicted molar refractivity (Wildman–Crippen MR) is 88.5 cm³/mol. The summed E-state index contributed by atoms with van der Waals surface area (Å²) in [5, 5.41) is 5.82. The molecule has 21 heavy (non-hydrogen) atoms. The molecule has 1 aromatic carbocycles. The van der Waals surface area contributed by atoms with Gasteiger partial charge in [-0.1, -0.05) is 18.1 Å². The van der Waals surface area contributed by atoms with Gasteiger partial charge >= 0.3 is 6.18 Å². The number of guanidine groups is 1. The van der Waals surface area contributed by atoms with E-state index in [0.717, 1.165) is 12.1 Å². The van der Waals surface area contributed by atoms with Gasteiger partial charge in [-0.05, 0) is 24.6 Å². The van der Waals surface area contributed by atoms with Crippen molar-refractivity contribution in [3.05, 3.63) is 35.4 Å². The SMILES string of the molecule is C#CCNC(=NCc1cccc(C(F)(F)F)c1)NCC.I. The molecule has 0 aliphatic heterocycles. The molecule has 0 aliphatic carbocycles. The average Bonchev–Trinajstić information content (AvgIpc) is 2.41. The van der Waals surface area contributed by atoms with Gasteiger partial charge in [-0.2, -0.15) is 13.2 Å². The van der Waals surface area contributed by atoms with E-state index < -0.39 is 11.7 Å². The lowest BCUT2D eigenvalue weighted by Crippen LogP contribution is -2.37. The molecule has 0 unspecified atom stereocenters. The van der Waals surface area contributed by atoms with Gasteiger partial charge in [0.15, 0.2) is 5.96 Å². The Morgan fingerprint density at radius 3 is 2.62 bits per heavy atom. The molecule has 7 heteroatoms. The minimum atomic E-state index is -4.34. The highest BCUT2D eigenvalue weighted by molar-refractivity contribution is 14.0. The number of alkyl halides is 3. The zero-order chi connectivity index (χ0) is 15.0. The second-order valence-corrected chi connectivity index (χ2v) is 3.95. The lowest BCUT2D eigenvalue weighted by molar-refractivity contribution is -0.137. The summed E-state index contributed by atoms with van der Waals surface area (Å²) in [6, 6.07) is 5.10. The summed E-state index contributed by atoms with van der Waals surface area (Å²) in [6.07, 6.45) is 0.786. The molecule has 0 spiro atoms. The average molecular weight is 411 g/mol. The van der Waals surface area contributed by atoms with Crippen molar-refractivity contribution in [2.24, 2.45) is 4.99 Å². The van der Waals surface area contributed by atoms with Crippen LogP contribution in [0.4, 0.5) is 13.2 Å². The maximum atomic E-state index is 12.6. The molecule has 0 saturated carbocycles. The van der Waals surface area contributed by atoms with Crippen LogP contribution in [-0.2, 0) is 12.7 Å². The number of hydrogen-bond donors (Lipinski definition) is 2. The van der Waals surface area contributed by atoms with E-state index >= 15 is 0 Å². The van der Waals surface area contributed by atoms with E-state index in [1.807, 2.05) is 6.92 Å². The van der Waals surface area contributed by atoms with E-state index in [2.05, 4.69) is 21.5 Å². The van der Waals surface area contributed by atoms with Gasteiger partial charge in [0, 0.05) is 6.54 Å². The molecule has 0 bridgehead atoms. The van der Waals surface area contributed by atoms with Crippen LogP contribution in [0.2, 0.25) is 0 Å². The highest BCUT2D eigenvalue weighted by Gasteiger charge is 2.30. The van der Waals surface area contributed by atoms with Crippen molar-refractivity contribution in [1.29, 1.82) is 0 Å². The largest absolute Gasteiger partial charge is 0.416 e. The van der Waals surface area contributed by atoms with Crippen LogP contribution in [0.1, 0.15) is 18.1 Å². The highest BCUT2D eigenvalue weighted by Crippen LogP contribution is 2.29. The summed E-state index contributed by atoms with van der Waals surface area (Å²) < 4.78 is 37.7. The summed E-state index contributed by atoms with van der Waals surface area (Å²) in [7, 11) is 0. The molecule has 0 saturated heterocycles. The number of halogens is 4. The van der Waals surface area contributed by atoms with Gasteiger partial charge in [0.1, 0.15) is 0 Å². The standard InChI is InChI=1S/C14H16F3N3.HI/c1-3-8-19-13(18-4-2)20-10-11-6-5-7-12(9-11)14(15,16)17;/h1,5-7,9H,4,8,10H2,2H3,(H2,18,19,20);1H. The third kappa shape index (κ3) is 7.22.